The zero-order valence-corrected chi connectivity index (χ0v) is 12.6. The average Bonchev–Trinajstić information content (AvgIpc) is 3.10. The second kappa shape index (κ2) is 4.88. The van der Waals surface area contributed by atoms with Crippen molar-refractivity contribution < 1.29 is 0 Å². The molecule has 0 amide bonds. The lowest BCUT2D eigenvalue weighted by molar-refractivity contribution is 1.37. The van der Waals surface area contributed by atoms with Crippen molar-refractivity contribution in [2.75, 3.05) is 0 Å². The van der Waals surface area contributed by atoms with Crippen molar-refractivity contribution in [3.8, 4) is 0 Å². The Labute approximate surface area is 128 Å². The third kappa shape index (κ3) is 2.02. The number of rotatable bonds is 2. The number of nitrogens with one attached hydrogen (secondary N) is 2. The summed E-state index contributed by atoms with van der Waals surface area (Å²) in [6.45, 7) is 4.22. The van der Waals surface area contributed by atoms with Gasteiger partial charge in [-0.3, -0.25) is 4.99 Å². The Hall–Kier alpha value is -2.81. The standard InChI is InChI=1S/C19H17N3/c1-12-9-14-7-8-20-19(14)17(10-12)21-11-18-13(2)15-5-3-4-6-16(15)22-18/h3-11,20,22H,1-2H3/b21-11+. The predicted molar refractivity (Wildman–Crippen MR) is 93.3 cm³/mol. The lowest BCUT2D eigenvalue weighted by Gasteiger charge is -2.00. The van der Waals surface area contributed by atoms with Crippen LogP contribution in [-0.4, -0.2) is 16.2 Å². The Morgan fingerprint density at radius 1 is 1.05 bits per heavy atom. The molecule has 108 valence electrons. The second-order valence-corrected chi connectivity index (χ2v) is 5.69. The number of nitrogens with zero attached hydrogens (tertiary/aromatic N) is 1. The number of aromatic nitrogens is 2. The van der Waals surface area contributed by atoms with Crippen LogP contribution in [0.4, 0.5) is 5.69 Å². The summed E-state index contributed by atoms with van der Waals surface area (Å²) in [7, 11) is 0. The van der Waals surface area contributed by atoms with Gasteiger partial charge in [-0.15, -0.1) is 0 Å². The second-order valence-electron chi connectivity index (χ2n) is 5.69. The number of fused-ring (bicyclic) bond motifs is 2. The van der Waals surface area contributed by atoms with E-state index >= 15 is 0 Å². The maximum absolute atomic E-state index is 4.71. The van der Waals surface area contributed by atoms with E-state index in [1.807, 2.05) is 18.5 Å². The third-order valence-electron chi connectivity index (χ3n) is 4.12. The van der Waals surface area contributed by atoms with E-state index in [0.717, 1.165) is 22.4 Å². The first-order valence-corrected chi connectivity index (χ1v) is 7.41. The van der Waals surface area contributed by atoms with Crippen LogP contribution >= 0.6 is 0 Å². The smallest absolute Gasteiger partial charge is 0.0874 e. The van der Waals surface area contributed by atoms with Crippen LogP contribution in [0.1, 0.15) is 16.8 Å². The van der Waals surface area contributed by atoms with Gasteiger partial charge in [0.2, 0.25) is 0 Å². The van der Waals surface area contributed by atoms with E-state index in [1.165, 1.54) is 21.9 Å². The minimum atomic E-state index is 0.970. The first-order valence-electron chi connectivity index (χ1n) is 7.41. The monoisotopic (exact) mass is 287 g/mol. The Morgan fingerprint density at radius 3 is 2.77 bits per heavy atom. The number of aryl methyl sites for hydroxylation is 2. The molecule has 0 radical (unpaired) electrons. The first kappa shape index (κ1) is 12.9. The summed E-state index contributed by atoms with van der Waals surface area (Å²) < 4.78 is 0. The molecule has 0 saturated carbocycles. The number of para-hydroxylation sites is 1. The zero-order chi connectivity index (χ0) is 15.1. The molecule has 0 aliphatic rings. The van der Waals surface area contributed by atoms with E-state index in [0.29, 0.717) is 0 Å². The summed E-state index contributed by atoms with van der Waals surface area (Å²) in [6, 6.07) is 14.7. The van der Waals surface area contributed by atoms with Crippen LogP contribution in [0.25, 0.3) is 21.8 Å². The number of H-pyrrole nitrogens is 2. The van der Waals surface area contributed by atoms with Crippen molar-refractivity contribution in [2.24, 2.45) is 4.99 Å². The maximum Gasteiger partial charge on any atom is 0.0874 e. The van der Waals surface area contributed by atoms with Crippen LogP contribution in [0.3, 0.4) is 0 Å². The maximum atomic E-state index is 4.71. The van der Waals surface area contributed by atoms with Crippen LogP contribution in [0.15, 0.2) is 53.7 Å². The fourth-order valence-corrected chi connectivity index (χ4v) is 2.97. The molecule has 3 nitrogen and oxygen atoms in total. The molecule has 0 spiro atoms. The summed E-state index contributed by atoms with van der Waals surface area (Å²) >= 11 is 0. The van der Waals surface area contributed by atoms with Crippen molar-refractivity contribution >= 4 is 33.7 Å². The van der Waals surface area contributed by atoms with Crippen LogP contribution in [-0.2, 0) is 0 Å². The highest BCUT2D eigenvalue weighted by Gasteiger charge is 2.06. The SMILES string of the molecule is Cc1cc(/N=C/c2[nH]c3ccccc3c2C)c2[nH]ccc2c1. The molecule has 2 aromatic carbocycles. The highest BCUT2D eigenvalue weighted by molar-refractivity contribution is 5.97. The van der Waals surface area contributed by atoms with Gasteiger partial charge in [0.1, 0.15) is 0 Å². The Balaban J connectivity index is 1.82. The van der Waals surface area contributed by atoms with E-state index in [9.17, 15) is 0 Å². The molecule has 0 saturated heterocycles. The van der Waals surface area contributed by atoms with Gasteiger partial charge in [-0.25, -0.2) is 0 Å². The molecule has 4 rings (SSSR count). The van der Waals surface area contributed by atoms with E-state index in [1.54, 1.807) is 0 Å². The normalized spacial score (nSPS) is 11.9. The van der Waals surface area contributed by atoms with Gasteiger partial charge in [-0.1, -0.05) is 18.2 Å². The molecule has 0 atom stereocenters. The molecule has 0 aliphatic heterocycles. The third-order valence-corrected chi connectivity index (χ3v) is 4.12. The van der Waals surface area contributed by atoms with Crippen LogP contribution < -0.4 is 0 Å². The fraction of sp³-hybridized carbons (Fsp3) is 0.105. The molecule has 3 heteroatoms. The van der Waals surface area contributed by atoms with Crippen molar-refractivity contribution in [3.05, 3.63) is 65.5 Å². The lowest BCUT2D eigenvalue weighted by atomic mass is 10.1. The summed E-state index contributed by atoms with van der Waals surface area (Å²) in [5.74, 6) is 0. The van der Waals surface area contributed by atoms with Gasteiger partial charge in [-0.2, -0.15) is 0 Å². The highest BCUT2D eigenvalue weighted by atomic mass is 14.8. The molecule has 0 bridgehead atoms. The molecule has 0 aliphatic carbocycles. The predicted octanol–water partition coefficient (Wildman–Crippen LogP) is 5.02. The molecule has 0 fully saturated rings. The number of hydrogen-bond acceptors (Lipinski definition) is 1. The van der Waals surface area contributed by atoms with E-state index in [2.05, 4.69) is 60.2 Å². The fourth-order valence-electron chi connectivity index (χ4n) is 2.97. The minimum absolute atomic E-state index is 0.970. The molecule has 22 heavy (non-hydrogen) atoms. The number of aliphatic imine (C=N–C) groups is 1. The van der Waals surface area contributed by atoms with Gasteiger partial charge in [0, 0.05) is 22.5 Å². The summed E-state index contributed by atoms with van der Waals surface area (Å²) in [6.07, 6.45) is 3.88. The lowest BCUT2D eigenvalue weighted by Crippen LogP contribution is -1.84. The number of hydrogen-bond donors (Lipinski definition) is 2. The molecule has 0 unspecified atom stereocenters. The molecule has 2 heterocycles. The molecular weight excluding hydrogens is 270 g/mol. The average molecular weight is 287 g/mol. The van der Waals surface area contributed by atoms with Gasteiger partial charge in [0.15, 0.2) is 0 Å². The largest absolute Gasteiger partial charge is 0.359 e. The highest BCUT2D eigenvalue weighted by Crippen LogP contribution is 2.27. The van der Waals surface area contributed by atoms with Crippen molar-refractivity contribution in [1.82, 2.24) is 9.97 Å². The molecular formula is C19H17N3. The van der Waals surface area contributed by atoms with E-state index < -0.39 is 0 Å². The Bertz CT molecular complexity index is 1000. The first-order chi connectivity index (χ1) is 10.7. The van der Waals surface area contributed by atoms with Crippen LogP contribution in [0.2, 0.25) is 0 Å². The minimum Gasteiger partial charge on any atom is -0.359 e. The Kier molecular flexibility index (Phi) is 2.86. The van der Waals surface area contributed by atoms with Gasteiger partial charge in [-0.05, 0) is 49.2 Å². The summed E-state index contributed by atoms with van der Waals surface area (Å²) in [5, 5.41) is 2.44. The topological polar surface area (TPSA) is 43.9 Å². The quantitative estimate of drug-likeness (QED) is 0.486. The van der Waals surface area contributed by atoms with E-state index in [4.69, 9.17) is 4.99 Å². The van der Waals surface area contributed by atoms with Crippen molar-refractivity contribution in [1.29, 1.82) is 0 Å². The van der Waals surface area contributed by atoms with Gasteiger partial charge in [0.25, 0.3) is 0 Å². The van der Waals surface area contributed by atoms with Gasteiger partial charge < -0.3 is 9.97 Å². The van der Waals surface area contributed by atoms with Crippen LogP contribution in [0.5, 0.6) is 0 Å². The molecule has 2 aromatic heterocycles. The van der Waals surface area contributed by atoms with Crippen LogP contribution in [0, 0.1) is 13.8 Å². The molecule has 2 N–H and O–H groups in total. The Morgan fingerprint density at radius 2 is 1.91 bits per heavy atom. The zero-order valence-electron chi connectivity index (χ0n) is 12.6. The molecule has 4 aromatic rings. The van der Waals surface area contributed by atoms with Gasteiger partial charge in [0.05, 0.1) is 23.1 Å². The summed E-state index contributed by atoms with van der Waals surface area (Å²) in [4.78, 5) is 11.4. The summed E-state index contributed by atoms with van der Waals surface area (Å²) in [5.41, 5.74) is 6.70. The van der Waals surface area contributed by atoms with Crippen molar-refractivity contribution in [2.45, 2.75) is 13.8 Å². The van der Waals surface area contributed by atoms with Gasteiger partial charge >= 0.3 is 0 Å². The number of aromatic amines is 2. The van der Waals surface area contributed by atoms with E-state index in [-0.39, 0.29) is 0 Å². The number of benzene rings is 2. The van der Waals surface area contributed by atoms with Crippen molar-refractivity contribution in [3.63, 3.8) is 0 Å².